The van der Waals surface area contributed by atoms with Crippen LogP contribution in [0, 0.1) is 6.92 Å². The van der Waals surface area contributed by atoms with Gasteiger partial charge in [0, 0.05) is 0 Å². The molecule has 3 rings (SSSR count). The third-order valence-electron chi connectivity index (χ3n) is 3.94. The Morgan fingerprint density at radius 3 is 2.57 bits per heavy atom. The Balaban J connectivity index is 1.87. The molecule has 0 spiro atoms. The minimum absolute atomic E-state index is 0.0695. The molecule has 21 heavy (non-hydrogen) atoms. The van der Waals surface area contributed by atoms with Gasteiger partial charge in [-0.25, -0.2) is 0 Å². The molecule has 0 aromatic heterocycles. The monoisotopic (exact) mass is 284 g/mol. The summed E-state index contributed by atoms with van der Waals surface area (Å²) in [6, 6.07) is 12.4. The topological polar surface area (TPSA) is 27.7 Å². The molecule has 2 aromatic carbocycles. The summed E-state index contributed by atoms with van der Waals surface area (Å²) in [5.41, 5.74) is 3.70. The predicted molar refractivity (Wildman–Crippen MR) is 82.4 cm³/mol. The molecule has 0 amide bonds. The van der Waals surface area contributed by atoms with Crippen LogP contribution in [-0.2, 0) is 6.42 Å². The van der Waals surface area contributed by atoms with E-state index >= 15 is 0 Å². The van der Waals surface area contributed by atoms with Crippen molar-refractivity contribution in [2.45, 2.75) is 25.9 Å². The first kappa shape index (κ1) is 13.8. The highest BCUT2D eigenvalue weighted by Crippen LogP contribution is 2.38. The van der Waals surface area contributed by atoms with E-state index in [4.69, 9.17) is 14.2 Å². The summed E-state index contributed by atoms with van der Waals surface area (Å²) in [6.45, 7) is 2.11. The molecule has 0 radical (unpaired) electrons. The second-order valence-corrected chi connectivity index (χ2v) is 5.37. The Morgan fingerprint density at radius 2 is 1.81 bits per heavy atom. The van der Waals surface area contributed by atoms with Gasteiger partial charge in [0.15, 0.2) is 11.5 Å². The highest BCUT2D eigenvalue weighted by molar-refractivity contribution is 5.45. The van der Waals surface area contributed by atoms with Crippen molar-refractivity contribution in [2.24, 2.45) is 0 Å². The minimum Gasteiger partial charge on any atom is -0.493 e. The number of hydrogen-bond donors (Lipinski definition) is 0. The second kappa shape index (κ2) is 5.68. The maximum absolute atomic E-state index is 6.15. The molecule has 1 heterocycles. The lowest BCUT2D eigenvalue weighted by atomic mass is 9.96. The second-order valence-electron chi connectivity index (χ2n) is 5.37. The molecule has 0 bridgehead atoms. The number of benzene rings is 2. The normalized spacial score (nSPS) is 16.8. The van der Waals surface area contributed by atoms with Crippen LogP contribution in [0.15, 0.2) is 36.4 Å². The lowest BCUT2D eigenvalue weighted by molar-refractivity contribution is 0.176. The van der Waals surface area contributed by atoms with Gasteiger partial charge in [-0.05, 0) is 49.1 Å². The first-order chi connectivity index (χ1) is 10.2. The summed E-state index contributed by atoms with van der Waals surface area (Å²) in [5.74, 6) is 2.48. The van der Waals surface area contributed by atoms with Crippen molar-refractivity contribution >= 4 is 0 Å². The number of rotatable bonds is 3. The molecule has 1 aliphatic heterocycles. The summed E-state index contributed by atoms with van der Waals surface area (Å²) in [5, 5.41) is 0. The van der Waals surface area contributed by atoms with Crippen LogP contribution in [0.5, 0.6) is 17.2 Å². The third-order valence-corrected chi connectivity index (χ3v) is 3.94. The van der Waals surface area contributed by atoms with Crippen molar-refractivity contribution in [3.05, 3.63) is 53.1 Å². The molecule has 0 saturated heterocycles. The van der Waals surface area contributed by atoms with Gasteiger partial charge in [0.25, 0.3) is 0 Å². The Bertz CT molecular complexity index is 649. The number of ether oxygens (including phenoxy) is 3. The van der Waals surface area contributed by atoms with Crippen LogP contribution in [0.4, 0.5) is 0 Å². The quantitative estimate of drug-likeness (QED) is 0.850. The highest BCUT2D eigenvalue weighted by atomic mass is 16.5. The zero-order valence-electron chi connectivity index (χ0n) is 12.7. The van der Waals surface area contributed by atoms with E-state index in [0.29, 0.717) is 0 Å². The standard InChI is InChI=1S/C18H20O3/c1-12-4-7-15-13(10-12)5-8-16(21-15)14-6-9-17(19-2)18(11-14)20-3/h4,6-7,9-11,16H,5,8H2,1-3H3. The van der Waals surface area contributed by atoms with E-state index in [1.165, 1.54) is 11.1 Å². The lowest BCUT2D eigenvalue weighted by Crippen LogP contribution is -2.15. The van der Waals surface area contributed by atoms with E-state index in [-0.39, 0.29) is 6.10 Å². The van der Waals surface area contributed by atoms with Crippen molar-refractivity contribution in [3.8, 4) is 17.2 Å². The van der Waals surface area contributed by atoms with E-state index in [1.807, 2.05) is 18.2 Å². The van der Waals surface area contributed by atoms with Crippen molar-refractivity contribution in [3.63, 3.8) is 0 Å². The number of aryl methyl sites for hydroxylation is 2. The van der Waals surface area contributed by atoms with Gasteiger partial charge in [0.05, 0.1) is 14.2 Å². The molecule has 1 aliphatic rings. The number of hydrogen-bond acceptors (Lipinski definition) is 3. The molecule has 0 fully saturated rings. The zero-order chi connectivity index (χ0) is 14.8. The van der Waals surface area contributed by atoms with Gasteiger partial charge in [-0.15, -0.1) is 0 Å². The summed E-state index contributed by atoms with van der Waals surface area (Å²) in [7, 11) is 3.30. The van der Waals surface area contributed by atoms with Gasteiger partial charge in [0.1, 0.15) is 11.9 Å². The van der Waals surface area contributed by atoms with Crippen molar-refractivity contribution in [1.29, 1.82) is 0 Å². The Hall–Kier alpha value is -2.16. The molecule has 0 aliphatic carbocycles. The fourth-order valence-electron chi connectivity index (χ4n) is 2.81. The molecule has 0 saturated carbocycles. The molecule has 3 nitrogen and oxygen atoms in total. The molecule has 3 heteroatoms. The first-order valence-electron chi connectivity index (χ1n) is 7.19. The Kier molecular flexibility index (Phi) is 3.74. The van der Waals surface area contributed by atoms with Crippen LogP contribution in [0.3, 0.4) is 0 Å². The van der Waals surface area contributed by atoms with Crippen LogP contribution in [0.1, 0.15) is 29.2 Å². The van der Waals surface area contributed by atoms with Crippen LogP contribution in [0.2, 0.25) is 0 Å². The lowest BCUT2D eigenvalue weighted by Gasteiger charge is -2.27. The number of methoxy groups -OCH3 is 2. The first-order valence-corrected chi connectivity index (χ1v) is 7.19. The molecular weight excluding hydrogens is 264 g/mol. The smallest absolute Gasteiger partial charge is 0.161 e. The van der Waals surface area contributed by atoms with Crippen LogP contribution in [0.25, 0.3) is 0 Å². The summed E-state index contributed by atoms with van der Waals surface area (Å²) < 4.78 is 16.8. The Labute approximate surface area is 125 Å². The highest BCUT2D eigenvalue weighted by Gasteiger charge is 2.22. The summed E-state index contributed by atoms with van der Waals surface area (Å²) in [6.07, 6.45) is 2.09. The van der Waals surface area contributed by atoms with Gasteiger partial charge in [-0.2, -0.15) is 0 Å². The summed E-state index contributed by atoms with van der Waals surface area (Å²) >= 11 is 0. The fourth-order valence-corrected chi connectivity index (χ4v) is 2.81. The molecule has 110 valence electrons. The van der Waals surface area contributed by atoms with E-state index in [0.717, 1.165) is 35.7 Å². The third kappa shape index (κ3) is 2.68. The van der Waals surface area contributed by atoms with Gasteiger partial charge in [-0.3, -0.25) is 0 Å². The van der Waals surface area contributed by atoms with E-state index in [1.54, 1.807) is 14.2 Å². The van der Waals surface area contributed by atoms with Crippen LogP contribution >= 0.6 is 0 Å². The van der Waals surface area contributed by atoms with Gasteiger partial charge in [-0.1, -0.05) is 23.8 Å². The predicted octanol–water partition coefficient (Wildman–Crippen LogP) is 4.08. The largest absolute Gasteiger partial charge is 0.493 e. The van der Waals surface area contributed by atoms with Crippen molar-refractivity contribution in [1.82, 2.24) is 0 Å². The van der Waals surface area contributed by atoms with Crippen LogP contribution < -0.4 is 14.2 Å². The van der Waals surface area contributed by atoms with Gasteiger partial charge < -0.3 is 14.2 Å². The fraction of sp³-hybridized carbons (Fsp3) is 0.333. The van der Waals surface area contributed by atoms with Crippen molar-refractivity contribution in [2.75, 3.05) is 14.2 Å². The molecule has 2 aromatic rings. The van der Waals surface area contributed by atoms with Crippen molar-refractivity contribution < 1.29 is 14.2 Å². The average molecular weight is 284 g/mol. The average Bonchev–Trinajstić information content (AvgIpc) is 2.53. The Morgan fingerprint density at radius 1 is 1.00 bits per heavy atom. The molecule has 1 atom stereocenters. The van der Waals surface area contributed by atoms with E-state index in [9.17, 15) is 0 Å². The molecule has 1 unspecified atom stereocenters. The van der Waals surface area contributed by atoms with Crippen LogP contribution in [-0.4, -0.2) is 14.2 Å². The zero-order valence-corrected chi connectivity index (χ0v) is 12.7. The molecular formula is C18H20O3. The maximum Gasteiger partial charge on any atom is 0.161 e. The summed E-state index contributed by atoms with van der Waals surface area (Å²) in [4.78, 5) is 0. The number of fused-ring (bicyclic) bond motifs is 1. The molecule has 0 N–H and O–H groups in total. The van der Waals surface area contributed by atoms with Gasteiger partial charge >= 0.3 is 0 Å². The minimum atomic E-state index is 0.0695. The SMILES string of the molecule is COc1ccc(C2CCc3cc(C)ccc3O2)cc1OC. The van der Waals surface area contributed by atoms with E-state index in [2.05, 4.69) is 25.1 Å². The van der Waals surface area contributed by atoms with E-state index < -0.39 is 0 Å². The maximum atomic E-state index is 6.15. The van der Waals surface area contributed by atoms with Gasteiger partial charge in [0.2, 0.25) is 0 Å².